The molecule has 1 amide bonds. The average Bonchev–Trinajstić information content (AvgIpc) is 3.24. The molecule has 2 heterocycles. The van der Waals surface area contributed by atoms with E-state index < -0.39 is 35.1 Å². The maximum atomic E-state index is 13.3. The average molecular weight is 555 g/mol. The molecule has 2 aromatic carbocycles. The maximum Gasteiger partial charge on any atom is 0.416 e. The van der Waals surface area contributed by atoms with E-state index in [1.165, 1.54) is 25.1 Å². The van der Waals surface area contributed by atoms with Crippen molar-refractivity contribution >= 4 is 11.9 Å². The number of likely N-dealkylation sites (tertiary alicyclic amines) is 1. The second-order valence-corrected chi connectivity index (χ2v) is 11.2. The predicted octanol–water partition coefficient (Wildman–Crippen LogP) is 3.88. The van der Waals surface area contributed by atoms with E-state index in [9.17, 15) is 27.9 Å². The summed E-state index contributed by atoms with van der Waals surface area (Å²) in [5, 5.41) is 11.0. The number of carbonyl (C=O) groups is 2. The van der Waals surface area contributed by atoms with Crippen molar-refractivity contribution in [3.63, 3.8) is 0 Å². The van der Waals surface area contributed by atoms with E-state index in [2.05, 4.69) is 23.8 Å². The quantitative estimate of drug-likeness (QED) is 0.345. The first-order valence-electron chi connectivity index (χ1n) is 13.3. The molecule has 0 unspecified atom stereocenters. The van der Waals surface area contributed by atoms with Crippen molar-refractivity contribution in [2.45, 2.75) is 62.4 Å². The monoisotopic (exact) mass is 554 g/mol. The van der Waals surface area contributed by atoms with Gasteiger partial charge in [-0.05, 0) is 69.5 Å². The molecule has 10 heteroatoms. The number of benzene rings is 2. The summed E-state index contributed by atoms with van der Waals surface area (Å²) in [6, 6.07) is 5.67. The van der Waals surface area contributed by atoms with Crippen molar-refractivity contribution in [3.8, 4) is 29.1 Å². The van der Waals surface area contributed by atoms with Gasteiger partial charge in [0.15, 0.2) is 11.5 Å². The first-order chi connectivity index (χ1) is 18.9. The molecule has 0 aromatic heterocycles. The molecule has 2 fully saturated rings. The summed E-state index contributed by atoms with van der Waals surface area (Å²) in [5.74, 6) is 5.22. The lowest BCUT2D eigenvalue weighted by molar-refractivity contribution is -0.137. The summed E-state index contributed by atoms with van der Waals surface area (Å²) >= 11 is 0. The highest BCUT2D eigenvalue weighted by Crippen LogP contribution is 2.65. The minimum atomic E-state index is -4.45. The van der Waals surface area contributed by atoms with Gasteiger partial charge in [-0.3, -0.25) is 9.59 Å². The minimum absolute atomic E-state index is 0.0753. The fourth-order valence-electron chi connectivity index (χ4n) is 7.50. The normalized spacial score (nSPS) is 28.1. The van der Waals surface area contributed by atoms with Crippen LogP contribution in [0.25, 0.3) is 0 Å². The molecule has 210 valence electrons. The lowest BCUT2D eigenvalue weighted by Crippen LogP contribution is -2.68. The summed E-state index contributed by atoms with van der Waals surface area (Å²) in [5.41, 5.74) is 0.755. The van der Waals surface area contributed by atoms with E-state index in [4.69, 9.17) is 9.47 Å². The van der Waals surface area contributed by atoms with E-state index in [0.717, 1.165) is 42.6 Å². The van der Waals surface area contributed by atoms with Crippen LogP contribution in [0.3, 0.4) is 0 Å². The first kappa shape index (κ1) is 26.5. The van der Waals surface area contributed by atoms with Gasteiger partial charge < -0.3 is 24.4 Å². The molecule has 1 saturated heterocycles. The number of aromatic hydroxyl groups is 1. The van der Waals surface area contributed by atoms with Gasteiger partial charge in [-0.1, -0.05) is 5.92 Å². The summed E-state index contributed by atoms with van der Waals surface area (Å²) in [7, 11) is 3.76. The van der Waals surface area contributed by atoms with Crippen LogP contribution in [0, 0.1) is 17.8 Å². The standard InChI is InChI=1S/C30H29F3N2O5/c1-16(36)39-24-15-23(37)19-14-22-20-9-10-21(28-29(20,12-13-34(22)2)26(19)27(24)40-28)35(3)25(38)11-6-17-4-7-18(8-5-17)30(31,32)33/h4-5,7-8,15,20-22,28,37H,9-10,12-14H2,1-3H3/t20-,21+,22+,28-,29-/m0/s1. The zero-order chi connectivity index (χ0) is 28.6. The zero-order valence-corrected chi connectivity index (χ0v) is 22.3. The van der Waals surface area contributed by atoms with Crippen LogP contribution in [0.2, 0.25) is 0 Å². The summed E-state index contributed by atoms with van der Waals surface area (Å²) in [4.78, 5) is 29.0. The van der Waals surface area contributed by atoms with Crippen LogP contribution >= 0.6 is 0 Å². The van der Waals surface area contributed by atoms with Crippen molar-refractivity contribution in [2.75, 3.05) is 20.6 Å². The van der Waals surface area contributed by atoms with Crippen molar-refractivity contribution < 1.29 is 37.3 Å². The van der Waals surface area contributed by atoms with E-state index in [1.807, 2.05) is 0 Å². The lowest BCUT2D eigenvalue weighted by Gasteiger charge is -2.59. The maximum absolute atomic E-state index is 13.3. The number of carbonyl (C=O) groups excluding carboxylic acids is 2. The number of halogens is 3. The lowest BCUT2D eigenvalue weighted by atomic mass is 9.51. The summed E-state index contributed by atoms with van der Waals surface area (Å²) in [6.45, 7) is 2.11. The number of rotatable bonds is 2. The highest BCUT2D eigenvalue weighted by Gasteiger charge is 2.66. The summed E-state index contributed by atoms with van der Waals surface area (Å²) in [6.07, 6.45) is -1.96. The molecule has 2 bridgehead atoms. The number of amides is 1. The van der Waals surface area contributed by atoms with Crippen LogP contribution in [0.5, 0.6) is 17.2 Å². The van der Waals surface area contributed by atoms with Gasteiger partial charge in [0.2, 0.25) is 0 Å². The Morgan fingerprint density at radius 1 is 1.23 bits per heavy atom. The Balaban J connectivity index is 1.35. The fourth-order valence-corrected chi connectivity index (χ4v) is 7.50. The number of phenols is 1. The van der Waals surface area contributed by atoms with Crippen LogP contribution in [0.4, 0.5) is 13.2 Å². The molecular formula is C30H29F3N2O5. The van der Waals surface area contributed by atoms with Crippen molar-refractivity contribution in [1.29, 1.82) is 0 Å². The van der Waals surface area contributed by atoms with E-state index >= 15 is 0 Å². The highest BCUT2D eigenvalue weighted by atomic mass is 19.4. The third kappa shape index (κ3) is 3.93. The van der Waals surface area contributed by atoms with E-state index in [-0.39, 0.29) is 29.5 Å². The van der Waals surface area contributed by atoms with Crippen molar-refractivity contribution in [1.82, 2.24) is 9.80 Å². The number of ether oxygens (including phenoxy) is 2. The molecule has 2 aliphatic heterocycles. The highest BCUT2D eigenvalue weighted by molar-refractivity contribution is 5.94. The Labute approximate surface area is 229 Å². The zero-order valence-electron chi connectivity index (χ0n) is 22.3. The molecular weight excluding hydrogens is 525 g/mol. The molecule has 1 saturated carbocycles. The second-order valence-electron chi connectivity index (χ2n) is 11.2. The van der Waals surface area contributed by atoms with Gasteiger partial charge in [-0.15, -0.1) is 0 Å². The van der Waals surface area contributed by atoms with Gasteiger partial charge in [0, 0.05) is 54.1 Å². The number of nitrogens with zero attached hydrogens (tertiary/aromatic N) is 2. The van der Waals surface area contributed by atoms with Crippen LogP contribution < -0.4 is 9.47 Å². The smallest absolute Gasteiger partial charge is 0.416 e. The molecule has 1 N–H and O–H groups in total. The molecule has 2 aromatic rings. The van der Waals surface area contributed by atoms with Gasteiger partial charge in [0.25, 0.3) is 5.91 Å². The van der Waals surface area contributed by atoms with Gasteiger partial charge in [-0.2, -0.15) is 13.2 Å². The molecule has 0 radical (unpaired) electrons. The molecule has 4 aliphatic rings. The van der Waals surface area contributed by atoms with Crippen LogP contribution in [-0.4, -0.2) is 65.6 Å². The van der Waals surface area contributed by atoms with Crippen LogP contribution in [0.1, 0.15) is 48.4 Å². The number of hydrogen-bond acceptors (Lipinski definition) is 6. The number of alkyl halides is 3. The number of piperidine rings is 1. The minimum Gasteiger partial charge on any atom is -0.508 e. The molecule has 1 spiro atoms. The van der Waals surface area contributed by atoms with Gasteiger partial charge in [0.1, 0.15) is 11.9 Å². The van der Waals surface area contributed by atoms with E-state index in [1.54, 1.807) is 11.9 Å². The number of hydrogen-bond donors (Lipinski definition) is 1. The Hall–Kier alpha value is -3.71. The van der Waals surface area contributed by atoms with Gasteiger partial charge >= 0.3 is 12.1 Å². The van der Waals surface area contributed by atoms with Gasteiger partial charge in [0.05, 0.1) is 11.6 Å². The Morgan fingerprint density at radius 2 is 1.95 bits per heavy atom. The topological polar surface area (TPSA) is 79.3 Å². The predicted molar refractivity (Wildman–Crippen MR) is 138 cm³/mol. The molecule has 5 atom stereocenters. The summed E-state index contributed by atoms with van der Waals surface area (Å²) < 4.78 is 50.7. The number of esters is 1. The van der Waals surface area contributed by atoms with Crippen molar-refractivity contribution in [3.05, 3.63) is 52.6 Å². The Morgan fingerprint density at radius 3 is 2.62 bits per heavy atom. The number of likely N-dealkylation sites (N-methyl/N-ethyl adjacent to an activating group) is 2. The largest absolute Gasteiger partial charge is 0.508 e. The second kappa shape index (κ2) is 9.16. The van der Waals surface area contributed by atoms with E-state index in [0.29, 0.717) is 24.2 Å². The third-order valence-corrected chi connectivity index (χ3v) is 9.25. The van der Waals surface area contributed by atoms with Crippen LogP contribution in [-0.2, 0) is 27.6 Å². The van der Waals surface area contributed by atoms with Crippen molar-refractivity contribution in [2.24, 2.45) is 5.92 Å². The Bertz CT molecular complexity index is 1460. The number of phenolic OH excluding ortho intramolecular Hbond substituents is 1. The SMILES string of the molecule is CC(=O)Oc1cc(O)c2c3c1O[C@H]1[C@H](N(C)C(=O)C#Cc4ccc(C(F)(F)F)cc4)CC[C@H]4[C@@H](C2)N(C)CC[C@@]341. The first-order valence-corrected chi connectivity index (χ1v) is 13.3. The molecule has 7 nitrogen and oxygen atoms in total. The fraction of sp³-hybridized carbons (Fsp3) is 0.467. The molecule has 40 heavy (non-hydrogen) atoms. The third-order valence-electron chi connectivity index (χ3n) is 9.25. The molecule has 2 aliphatic carbocycles. The van der Waals surface area contributed by atoms with Crippen LogP contribution in [0.15, 0.2) is 30.3 Å². The molecule has 6 rings (SSSR count). The van der Waals surface area contributed by atoms with Gasteiger partial charge in [-0.25, -0.2) is 0 Å². The Kier molecular flexibility index (Phi) is 6.07.